The minimum Gasteiger partial charge on any atom is -0.464 e. The summed E-state index contributed by atoms with van der Waals surface area (Å²) in [4.78, 5) is 11.6. The Kier molecular flexibility index (Phi) is 5.41. The molecule has 5 heteroatoms. The van der Waals surface area contributed by atoms with E-state index in [0.717, 1.165) is 4.47 Å². The van der Waals surface area contributed by atoms with Crippen LogP contribution >= 0.6 is 15.9 Å². The highest BCUT2D eigenvalue weighted by Crippen LogP contribution is 2.21. The van der Waals surface area contributed by atoms with Gasteiger partial charge in [-0.05, 0) is 31.5 Å². The van der Waals surface area contributed by atoms with Crippen LogP contribution in [0.3, 0.4) is 0 Å². The van der Waals surface area contributed by atoms with Gasteiger partial charge in [-0.25, -0.2) is 9.18 Å². The van der Waals surface area contributed by atoms with Crippen molar-refractivity contribution < 1.29 is 13.9 Å². The summed E-state index contributed by atoms with van der Waals surface area (Å²) in [6, 6.07) is 4.01. The first kappa shape index (κ1) is 14.0. The van der Waals surface area contributed by atoms with Gasteiger partial charge in [0, 0.05) is 4.47 Å². The Morgan fingerprint density at radius 1 is 1.53 bits per heavy atom. The van der Waals surface area contributed by atoms with Crippen LogP contribution in [0.25, 0.3) is 0 Å². The monoisotopic (exact) mass is 303 g/mol. The van der Waals surface area contributed by atoms with Crippen molar-refractivity contribution in [3.05, 3.63) is 28.5 Å². The van der Waals surface area contributed by atoms with Crippen molar-refractivity contribution in [1.82, 2.24) is 0 Å². The summed E-state index contributed by atoms with van der Waals surface area (Å²) in [5, 5.41) is 2.84. The van der Waals surface area contributed by atoms with Gasteiger partial charge < -0.3 is 10.1 Å². The molecule has 3 nitrogen and oxygen atoms in total. The number of hydrogen-bond donors (Lipinski definition) is 1. The molecule has 1 rings (SSSR count). The van der Waals surface area contributed by atoms with E-state index in [4.69, 9.17) is 4.74 Å². The predicted molar refractivity (Wildman–Crippen MR) is 68.4 cm³/mol. The van der Waals surface area contributed by atoms with Crippen molar-refractivity contribution in [3.63, 3.8) is 0 Å². The number of rotatable bonds is 5. The number of nitrogens with one attached hydrogen (secondary N) is 1. The highest BCUT2D eigenvalue weighted by Gasteiger charge is 2.18. The fourth-order valence-electron chi connectivity index (χ4n) is 1.37. The molecule has 0 aliphatic heterocycles. The number of hydrogen-bond acceptors (Lipinski definition) is 3. The molecule has 1 aromatic carbocycles. The van der Waals surface area contributed by atoms with Crippen molar-refractivity contribution in [3.8, 4) is 0 Å². The minimum absolute atomic E-state index is 0.291. The van der Waals surface area contributed by atoms with Gasteiger partial charge >= 0.3 is 5.97 Å². The summed E-state index contributed by atoms with van der Waals surface area (Å²) in [6.07, 6.45) is 0.533. The van der Waals surface area contributed by atoms with Gasteiger partial charge in [0.05, 0.1) is 12.3 Å². The zero-order valence-corrected chi connectivity index (χ0v) is 11.4. The molecule has 1 N–H and O–H groups in total. The molecule has 94 valence electrons. The lowest BCUT2D eigenvalue weighted by molar-refractivity contribution is -0.144. The number of halogens is 2. The second-order valence-electron chi connectivity index (χ2n) is 3.48. The summed E-state index contributed by atoms with van der Waals surface area (Å²) < 4.78 is 19.1. The van der Waals surface area contributed by atoms with E-state index < -0.39 is 11.9 Å². The Labute approximate surface area is 108 Å². The third-order valence-corrected chi connectivity index (χ3v) is 2.73. The van der Waals surface area contributed by atoms with Gasteiger partial charge in [0.25, 0.3) is 0 Å². The van der Waals surface area contributed by atoms with Crippen LogP contribution in [0.4, 0.5) is 10.1 Å². The van der Waals surface area contributed by atoms with E-state index in [9.17, 15) is 9.18 Å². The van der Waals surface area contributed by atoms with E-state index in [1.807, 2.05) is 6.92 Å². The predicted octanol–water partition coefficient (Wildman–Crippen LogP) is 3.34. The van der Waals surface area contributed by atoms with Gasteiger partial charge in [0.15, 0.2) is 0 Å². The first-order valence-corrected chi connectivity index (χ1v) is 6.26. The molecular formula is C12H15BrFNO2. The highest BCUT2D eigenvalue weighted by atomic mass is 79.9. The first-order valence-electron chi connectivity index (χ1n) is 5.46. The maximum atomic E-state index is 13.5. The molecule has 17 heavy (non-hydrogen) atoms. The van der Waals surface area contributed by atoms with Crippen LogP contribution in [-0.2, 0) is 9.53 Å². The van der Waals surface area contributed by atoms with Crippen LogP contribution in [0.15, 0.2) is 22.7 Å². The Morgan fingerprint density at radius 2 is 2.24 bits per heavy atom. The molecule has 0 heterocycles. The lowest BCUT2D eigenvalue weighted by Crippen LogP contribution is -2.31. The van der Waals surface area contributed by atoms with Crippen molar-refractivity contribution >= 4 is 27.6 Å². The summed E-state index contributed by atoms with van der Waals surface area (Å²) in [7, 11) is 0. The molecule has 1 aromatic rings. The quantitative estimate of drug-likeness (QED) is 0.848. The minimum atomic E-state index is -0.529. The molecule has 0 aliphatic carbocycles. The lowest BCUT2D eigenvalue weighted by atomic mass is 10.2. The molecule has 0 aromatic heterocycles. The second-order valence-corrected chi connectivity index (χ2v) is 4.40. The summed E-state index contributed by atoms with van der Waals surface area (Å²) in [6.45, 7) is 3.90. The number of anilines is 1. The van der Waals surface area contributed by atoms with Crippen LogP contribution in [0.1, 0.15) is 20.3 Å². The van der Waals surface area contributed by atoms with E-state index in [0.29, 0.717) is 18.7 Å². The summed E-state index contributed by atoms with van der Waals surface area (Å²) >= 11 is 3.25. The Morgan fingerprint density at radius 3 is 2.82 bits per heavy atom. The van der Waals surface area contributed by atoms with E-state index >= 15 is 0 Å². The molecule has 0 saturated carbocycles. The molecule has 0 amide bonds. The van der Waals surface area contributed by atoms with E-state index in [2.05, 4.69) is 21.2 Å². The van der Waals surface area contributed by atoms with Crippen molar-refractivity contribution in [2.24, 2.45) is 0 Å². The summed E-state index contributed by atoms with van der Waals surface area (Å²) in [5.41, 5.74) is 0.291. The van der Waals surface area contributed by atoms with E-state index in [1.54, 1.807) is 19.1 Å². The molecule has 0 saturated heterocycles. The van der Waals surface area contributed by atoms with Crippen LogP contribution in [0.2, 0.25) is 0 Å². The Bertz CT molecular complexity index is 398. The van der Waals surface area contributed by atoms with Gasteiger partial charge in [0.2, 0.25) is 0 Å². The fraction of sp³-hybridized carbons (Fsp3) is 0.417. The number of benzene rings is 1. The van der Waals surface area contributed by atoms with Crippen molar-refractivity contribution in [2.45, 2.75) is 26.3 Å². The lowest BCUT2D eigenvalue weighted by Gasteiger charge is -2.17. The number of carbonyl (C=O) groups is 1. The van der Waals surface area contributed by atoms with Gasteiger partial charge in [0.1, 0.15) is 11.9 Å². The average Bonchev–Trinajstić information content (AvgIpc) is 2.30. The van der Waals surface area contributed by atoms with Crippen LogP contribution in [-0.4, -0.2) is 18.6 Å². The SMILES string of the molecule is CCOC(=O)C(CC)Nc1cc(Br)ccc1F. The van der Waals surface area contributed by atoms with Gasteiger partial charge in [-0.3, -0.25) is 0 Å². The molecule has 1 atom stereocenters. The van der Waals surface area contributed by atoms with E-state index in [-0.39, 0.29) is 5.97 Å². The zero-order chi connectivity index (χ0) is 12.8. The Balaban J connectivity index is 2.80. The maximum absolute atomic E-state index is 13.5. The normalized spacial score (nSPS) is 12.0. The second kappa shape index (κ2) is 6.59. The summed E-state index contributed by atoms with van der Waals surface area (Å²) in [5.74, 6) is -0.759. The molecule has 1 unspecified atom stereocenters. The van der Waals surface area contributed by atoms with Gasteiger partial charge in [-0.15, -0.1) is 0 Å². The maximum Gasteiger partial charge on any atom is 0.328 e. The van der Waals surface area contributed by atoms with E-state index in [1.165, 1.54) is 6.07 Å². The largest absolute Gasteiger partial charge is 0.464 e. The molecule has 0 fully saturated rings. The smallest absolute Gasteiger partial charge is 0.328 e. The molecule has 0 aliphatic rings. The number of carbonyl (C=O) groups excluding carboxylic acids is 1. The van der Waals surface area contributed by atoms with Crippen LogP contribution in [0, 0.1) is 5.82 Å². The molecular weight excluding hydrogens is 289 g/mol. The highest BCUT2D eigenvalue weighted by molar-refractivity contribution is 9.10. The molecule has 0 spiro atoms. The fourth-order valence-corrected chi connectivity index (χ4v) is 1.73. The number of esters is 1. The van der Waals surface area contributed by atoms with Crippen molar-refractivity contribution in [1.29, 1.82) is 0 Å². The van der Waals surface area contributed by atoms with Gasteiger partial charge in [-0.2, -0.15) is 0 Å². The standard InChI is InChI=1S/C12H15BrFNO2/c1-3-10(12(16)17-4-2)15-11-7-8(13)5-6-9(11)14/h5-7,10,15H,3-4H2,1-2H3. The third-order valence-electron chi connectivity index (χ3n) is 2.24. The average molecular weight is 304 g/mol. The number of ether oxygens (including phenoxy) is 1. The molecule has 0 radical (unpaired) electrons. The Hall–Kier alpha value is -1.10. The molecule has 0 bridgehead atoms. The van der Waals surface area contributed by atoms with Crippen molar-refractivity contribution in [2.75, 3.05) is 11.9 Å². The third kappa shape index (κ3) is 4.00. The van der Waals surface area contributed by atoms with Crippen LogP contribution < -0.4 is 5.32 Å². The van der Waals surface area contributed by atoms with Crippen LogP contribution in [0.5, 0.6) is 0 Å². The zero-order valence-electron chi connectivity index (χ0n) is 9.80. The van der Waals surface area contributed by atoms with Gasteiger partial charge in [-0.1, -0.05) is 22.9 Å². The topological polar surface area (TPSA) is 38.3 Å². The first-order chi connectivity index (χ1) is 8.08.